The molecule has 1 saturated heterocycles. The van der Waals surface area contributed by atoms with Crippen LogP contribution in [0.5, 0.6) is 0 Å². The molecular formula is C8H17O3P. The zero-order chi connectivity index (χ0) is 9.03. The predicted molar refractivity (Wildman–Crippen MR) is 48.6 cm³/mol. The van der Waals surface area contributed by atoms with Crippen molar-refractivity contribution in [3.05, 3.63) is 0 Å². The van der Waals surface area contributed by atoms with Gasteiger partial charge in [0.25, 0.3) is 0 Å². The van der Waals surface area contributed by atoms with Crippen LogP contribution in [0, 0.1) is 0 Å². The van der Waals surface area contributed by atoms with Gasteiger partial charge in [-0.2, -0.15) is 0 Å². The fraction of sp³-hybridized carbons (Fsp3) is 1.00. The monoisotopic (exact) mass is 192 g/mol. The molecule has 0 saturated carbocycles. The number of rotatable bonds is 3. The Balaban J connectivity index is 2.57. The summed E-state index contributed by atoms with van der Waals surface area (Å²) in [6.45, 7) is 4.79. The molecule has 0 aromatic heterocycles. The van der Waals surface area contributed by atoms with E-state index in [1.165, 1.54) is 0 Å². The molecule has 12 heavy (non-hydrogen) atoms. The van der Waals surface area contributed by atoms with Crippen molar-refractivity contribution in [2.45, 2.75) is 45.1 Å². The van der Waals surface area contributed by atoms with Crippen molar-refractivity contribution in [1.82, 2.24) is 0 Å². The summed E-state index contributed by atoms with van der Waals surface area (Å²) in [5, 5.41) is 0. The summed E-state index contributed by atoms with van der Waals surface area (Å²) in [6.07, 6.45) is 3.88. The van der Waals surface area contributed by atoms with Crippen LogP contribution in [0.4, 0.5) is 0 Å². The van der Waals surface area contributed by atoms with Crippen LogP contribution in [0.3, 0.4) is 0 Å². The SMILES string of the molecule is CCC[C@@]1(CC)CCO[PH](=O)O1. The topological polar surface area (TPSA) is 35.5 Å². The van der Waals surface area contributed by atoms with Gasteiger partial charge < -0.3 is 9.05 Å². The van der Waals surface area contributed by atoms with Gasteiger partial charge in [0.1, 0.15) is 0 Å². The summed E-state index contributed by atoms with van der Waals surface area (Å²) in [7, 11) is -2.18. The molecule has 1 heterocycles. The molecule has 1 fully saturated rings. The molecular weight excluding hydrogens is 175 g/mol. The lowest BCUT2D eigenvalue weighted by molar-refractivity contribution is -0.00774. The van der Waals surface area contributed by atoms with Crippen molar-refractivity contribution in [1.29, 1.82) is 0 Å². The van der Waals surface area contributed by atoms with E-state index in [4.69, 9.17) is 9.05 Å². The first-order valence-corrected chi connectivity index (χ1v) is 5.80. The highest BCUT2D eigenvalue weighted by molar-refractivity contribution is 7.33. The van der Waals surface area contributed by atoms with E-state index < -0.39 is 8.25 Å². The van der Waals surface area contributed by atoms with Gasteiger partial charge in [0.15, 0.2) is 0 Å². The molecule has 0 amide bonds. The summed E-state index contributed by atoms with van der Waals surface area (Å²) in [6, 6.07) is 0. The number of hydrogen-bond donors (Lipinski definition) is 0. The second-order valence-corrected chi connectivity index (χ2v) is 4.23. The van der Waals surface area contributed by atoms with Gasteiger partial charge in [-0.05, 0) is 12.8 Å². The molecule has 3 nitrogen and oxygen atoms in total. The summed E-state index contributed by atoms with van der Waals surface area (Å²) in [5.74, 6) is 0. The molecule has 0 aromatic carbocycles. The Morgan fingerprint density at radius 3 is 2.75 bits per heavy atom. The Kier molecular flexibility index (Phi) is 3.76. The third-order valence-corrected chi connectivity index (χ3v) is 3.47. The van der Waals surface area contributed by atoms with Crippen LogP contribution in [0.25, 0.3) is 0 Å². The highest BCUT2D eigenvalue weighted by atomic mass is 31.1. The highest BCUT2D eigenvalue weighted by Gasteiger charge is 2.33. The molecule has 0 N–H and O–H groups in total. The van der Waals surface area contributed by atoms with Crippen LogP contribution in [0.2, 0.25) is 0 Å². The maximum absolute atomic E-state index is 11.1. The Bertz CT molecular complexity index is 168. The van der Waals surface area contributed by atoms with Gasteiger partial charge in [-0.1, -0.05) is 20.3 Å². The van der Waals surface area contributed by atoms with Gasteiger partial charge in [-0.25, -0.2) is 0 Å². The lowest BCUT2D eigenvalue weighted by atomic mass is 9.92. The normalized spacial score (nSPS) is 36.7. The van der Waals surface area contributed by atoms with Gasteiger partial charge in [0.05, 0.1) is 12.2 Å². The van der Waals surface area contributed by atoms with E-state index in [-0.39, 0.29) is 5.60 Å². The minimum atomic E-state index is -2.18. The van der Waals surface area contributed by atoms with Crippen molar-refractivity contribution < 1.29 is 13.6 Å². The van der Waals surface area contributed by atoms with E-state index in [2.05, 4.69) is 13.8 Å². The number of hydrogen-bond acceptors (Lipinski definition) is 3. The third-order valence-electron chi connectivity index (χ3n) is 2.43. The summed E-state index contributed by atoms with van der Waals surface area (Å²) >= 11 is 0. The van der Waals surface area contributed by atoms with Gasteiger partial charge in [-0.15, -0.1) is 0 Å². The van der Waals surface area contributed by atoms with Crippen molar-refractivity contribution in [2.24, 2.45) is 0 Å². The fourth-order valence-electron chi connectivity index (χ4n) is 1.64. The minimum absolute atomic E-state index is 0.150. The first-order chi connectivity index (χ1) is 5.72. The lowest BCUT2D eigenvalue weighted by Crippen LogP contribution is -2.33. The van der Waals surface area contributed by atoms with E-state index in [1.54, 1.807) is 0 Å². The predicted octanol–water partition coefficient (Wildman–Crippen LogP) is 2.76. The third kappa shape index (κ3) is 2.32. The van der Waals surface area contributed by atoms with Crippen molar-refractivity contribution in [3.63, 3.8) is 0 Å². The molecule has 0 aliphatic carbocycles. The van der Waals surface area contributed by atoms with Crippen LogP contribution < -0.4 is 0 Å². The van der Waals surface area contributed by atoms with Crippen molar-refractivity contribution >= 4 is 8.25 Å². The van der Waals surface area contributed by atoms with Crippen molar-refractivity contribution in [2.75, 3.05) is 6.61 Å². The minimum Gasteiger partial charge on any atom is -0.311 e. The van der Waals surface area contributed by atoms with Crippen LogP contribution in [0.15, 0.2) is 0 Å². The van der Waals surface area contributed by atoms with E-state index in [1.807, 2.05) is 0 Å². The molecule has 0 radical (unpaired) electrons. The van der Waals surface area contributed by atoms with Gasteiger partial charge in [0, 0.05) is 6.42 Å². The average Bonchev–Trinajstić information content (AvgIpc) is 2.05. The first kappa shape index (κ1) is 10.2. The molecule has 2 atom stereocenters. The van der Waals surface area contributed by atoms with Crippen LogP contribution in [-0.2, 0) is 13.6 Å². The molecule has 0 bridgehead atoms. The second kappa shape index (κ2) is 4.40. The molecule has 1 aliphatic heterocycles. The van der Waals surface area contributed by atoms with Crippen LogP contribution in [0.1, 0.15) is 39.5 Å². The Morgan fingerprint density at radius 1 is 1.50 bits per heavy atom. The molecule has 0 aromatic rings. The standard InChI is InChI=1S/C8H17O3P/c1-3-5-8(4-2)6-7-10-12(9)11-8/h12H,3-7H2,1-2H3/t8-/m0/s1. The van der Waals surface area contributed by atoms with E-state index in [0.29, 0.717) is 6.61 Å². The average molecular weight is 192 g/mol. The smallest absolute Gasteiger partial charge is 0.311 e. The second-order valence-electron chi connectivity index (χ2n) is 3.24. The van der Waals surface area contributed by atoms with Crippen LogP contribution in [-0.4, -0.2) is 12.2 Å². The van der Waals surface area contributed by atoms with E-state index >= 15 is 0 Å². The fourth-order valence-corrected chi connectivity index (χ4v) is 2.66. The lowest BCUT2D eigenvalue weighted by Gasteiger charge is -2.35. The first-order valence-electron chi connectivity index (χ1n) is 4.58. The van der Waals surface area contributed by atoms with Crippen molar-refractivity contribution in [3.8, 4) is 0 Å². The Labute approximate surface area is 74.4 Å². The highest BCUT2D eigenvalue weighted by Crippen LogP contribution is 2.42. The molecule has 1 rings (SSSR count). The maximum atomic E-state index is 11.1. The molecule has 1 aliphatic rings. The Hall–Kier alpha value is 0.150. The zero-order valence-electron chi connectivity index (χ0n) is 7.76. The van der Waals surface area contributed by atoms with Gasteiger partial charge >= 0.3 is 8.25 Å². The zero-order valence-corrected chi connectivity index (χ0v) is 8.76. The largest absolute Gasteiger partial charge is 0.319 e. The van der Waals surface area contributed by atoms with E-state index in [0.717, 1.165) is 25.7 Å². The maximum Gasteiger partial charge on any atom is 0.319 e. The molecule has 0 spiro atoms. The summed E-state index contributed by atoms with van der Waals surface area (Å²) in [5.41, 5.74) is -0.150. The molecule has 1 unspecified atom stereocenters. The molecule has 72 valence electrons. The van der Waals surface area contributed by atoms with E-state index in [9.17, 15) is 4.57 Å². The summed E-state index contributed by atoms with van der Waals surface area (Å²) in [4.78, 5) is 0. The van der Waals surface area contributed by atoms with Gasteiger partial charge in [-0.3, -0.25) is 4.57 Å². The van der Waals surface area contributed by atoms with Crippen LogP contribution >= 0.6 is 8.25 Å². The van der Waals surface area contributed by atoms with Gasteiger partial charge in [0.2, 0.25) is 0 Å². The molecule has 4 heteroatoms. The quantitative estimate of drug-likeness (QED) is 0.645. The Morgan fingerprint density at radius 2 is 2.25 bits per heavy atom. The summed E-state index contributed by atoms with van der Waals surface area (Å²) < 4.78 is 21.3.